The van der Waals surface area contributed by atoms with E-state index in [1.165, 1.54) is 0 Å². The maximum absolute atomic E-state index is 11.4. The summed E-state index contributed by atoms with van der Waals surface area (Å²) in [6.45, 7) is 1.95. The SMILES string of the molecule is CCOC(=O)Cc1cc(Br)cc(CBr)c1[N+](=O)[O-]. The molecule has 7 heteroatoms. The van der Waals surface area contributed by atoms with Crippen LogP contribution in [0.15, 0.2) is 16.6 Å². The lowest BCUT2D eigenvalue weighted by atomic mass is 10.1. The minimum Gasteiger partial charge on any atom is -0.466 e. The first-order valence-corrected chi connectivity index (χ1v) is 7.08. The van der Waals surface area contributed by atoms with Crippen LogP contribution in [0.25, 0.3) is 0 Å². The number of rotatable bonds is 5. The number of hydrogen-bond donors (Lipinski definition) is 0. The molecule has 0 saturated heterocycles. The first kappa shape index (κ1) is 15.1. The van der Waals surface area contributed by atoms with Crippen LogP contribution >= 0.6 is 31.9 Å². The van der Waals surface area contributed by atoms with Gasteiger partial charge in [0.2, 0.25) is 0 Å². The van der Waals surface area contributed by atoms with Gasteiger partial charge in [-0.3, -0.25) is 14.9 Å². The van der Waals surface area contributed by atoms with Gasteiger partial charge in [0.05, 0.1) is 18.0 Å². The van der Waals surface area contributed by atoms with Gasteiger partial charge in [-0.15, -0.1) is 0 Å². The van der Waals surface area contributed by atoms with E-state index < -0.39 is 10.9 Å². The van der Waals surface area contributed by atoms with Crippen LogP contribution in [-0.2, 0) is 21.3 Å². The fourth-order valence-electron chi connectivity index (χ4n) is 1.56. The number of halogens is 2. The Bertz CT molecular complexity index is 476. The number of alkyl halides is 1. The molecule has 0 bridgehead atoms. The molecule has 1 rings (SSSR count). The van der Waals surface area contributed by atoms with Gasteiger partial charge in [0.25, 0.3) is 5.69 Å². The summed E-state index contributed by atoms with van der Waals surface area (Å²) < 4.78 is 5.50. The number of carbonyl (C=O) groups is 1. The Morgan fingerprint density at radius 1 is 1.44 bits per heavy atom. The Morgan fingerprint density at radius 2 is 2.06 bits per heavy atom. The minimum absolute atomic E-state index is 0.0388. The third-order valence-electron chi connectivity index (χ3n) is 2.20. The molecule has 0 amide bonds. The molecule has 0 aliphatic carbocycles. The van der Waals surface area contributed by atoms with Crippen LogP contribution < -0.4 is 0 Å². The van der Waals surface area contributed by atoms with E-state index in [4.69, 9.17) is 4.74 Å². The first-order chi connectivity index (χ1) is 8.49. The molecule has 0 unspecified atom stereocenters. The number of hydrogen-bond acceptors (Lipinski definition) is 4. The average molecular weight is 381 g/mol. The molecule has 0 saturated carbocycles. The standard InChI is InChI=1S/C11H11Br2NO4/c1-2-18-10(15)5-7-3-9(13)4-8(6-12)11(7)14(16)17/h3-4H,2,5-6H2,1H3. The third kappa shape index (κ3) is 3.78. The summed E-state index contributed by atoms with van der Waals surface area (Å²) in [5.74, 6) is -0.473. The van der Waals surface area contributed by atoms with Crippen molar-refractivity contribution in [2.75, 3.05) is 6.61 Å². The molecule has 18 heavy (non-hydrogen) atoms. The lowest BCUT2D eigenvalue weighted by Crippen LogP contribution is -2.10. The summed E-state index contributed by atoms with van der Waals surface area (Å²) in [4.78, 5) is 22.0. The summed E-state index contributed by atoms with van der Waals surface area (Å²) in [6.07, 6.45) is -0.108. The fraction of sp³-hybridized carbons (Fsp3) is 0.364. The van der Waals surface area contributed by atoms with Crippen LogP contribution in [0.1, 0.15) is 18.1 Å². The van der Waals surface area contributed by atoms with Gasteiger partial charge in [-0.05, 0) is 19.1 Å². The van der Waals surface area contributed by atoms with Gasteiger partial charge in [0, 0.05) is 20.9 Å². The monoisotopic (exact) mass is 379 g/mol. The molecule has 1 aromatic carbocycles. The van der Waals surface area contributed by atoms with Crippen LogP contribution in [0.5, 0.6) is 0 Å². The number of carbonyl (C=O) groups excluding carboxylic acids is 1. The van der Waals surface area contributed by atoms with Crippen molar-refractivity contribution in [1.29, 1.82) is 0 Å². The molecule has 0 spiro atoms. The van der Waals surface area contributed by atoms with Gasteiger partial charge >= 0.3 is 5.97 Å². The maximum atomic E-state index is 11.4. The zero-order valence-corrected chi connectivity index (χ0v) is 12.8. The fourth-order valence-corrected chi connectivity index (χ4v) is 2.54. The summed E-state index contributed by atoms with van der Waals surface area (Å²) in [5, 5.41) is 11.4. The highest BCUT2D eigenvalue weighted by Gasteiger charge is 2.22. The molecule has 0 fully saturated rings. The Hall–Kier alpha value is -0.950. The number of esters is 1. The number of benzene rings is 1. The van der Waals surface area contributed by atoms with E-state index in [1.54, 1.807) is 19.1 Å². The lowest BCUT2D eigenvalue weighted by molar-refractivity contribution is -0.386. The molecule has 0 radical (unpaired) electrons. The van der Waals surface area contributed by atoms with Crippen LogP contribution in [0, 0.1) is 10.1 Å². The van der Waals surface area contributed by atoms with Crippen LogP contribution in [-0.4, -0.2) is 17.5 Å². The Labute approximate surface area is 121 Å². The normalized spacial score (nSPS) is 10.2. The number of ether oxygens (including phenoxy) is 1. The summed E-state index contributed by atoms with van der Waals surface area (Å²) in [7, 11) is 0. The minimum atomic E-state index is -0.475. The highest BCUT2D eigenvalue weighted by atomic mass is 79.9. The van der Waals surface area contributed by atoms with Crippen molar-refractivity contribution in [2.45, 2.75) is 18.7 Å². The van der Waals surface area contributed by atoms with Gasteiger partial charge < -0.3 is 4.74 Å². The molecule has 0 N–H and O–H groups in total. The molecular weight excluding hydrogens is 370 g/mol. The summed E-state index contributed by atoms with van der Waals surface area (Å²) in [6, 6.07) is 3.22. The molecule has 1 aromatic rings. The van der Waals surface area contributed by atoms with E-state index in [2.05, 4.69) is 31.9 Å². The van der Waals surface area contributed by atoms with Crippen LogP contribution in [0.3, 0.4) is 0 Å². The van der Waals surface area contributed by atoms with E-state index in [0.29, 0.717) is 20.9 Å². The van der Waals surface area contributed by atoms with Crippen molar-refractivity contribution < 1.29 is 14.5 Å². The van der Waals surface area contributed by atoms with E-state index in [9.17, 15) is 14.9 Å². The van der Waals surface area contributed by atoms with Gasteiger partial charge in [-0.1, -0.05) is 31.9 Å². The van der Waals surface area contributed by atoms with Crippen molar-refractivity contribution in [3.05, 3.63) is 37.8 Å². The zero-order valence-electron chi connectivity index (χ0n) is 9.61. The van der Waals surface area contributed by atoms with Crippen molar-refractivity contribution in [2.24, 2.45) is 0 Å². The Morgan fingerprint density at radius 3 is 2.56 bits per heavy atom. The van der Waals surface area contributed by atoms with Crippen molar-refractivity contribution >= 4 is 43.5 Å². The quantitative estimate of drug-likeness (QED) is 0.340. The molecule has 0 heterocycles. The largest absolute Gasteiger partial charge is 0.466 e. The molecular formula is C11H11Br2NO4. The zero-order chi connectivity index (χ0) is 13.7. The van der Waals surface area contributed by atoms with Gasteiger partial charge in [0.1, 0.15) is 0 Å². The van der Waals surface area contributed by atoms with E-state index in [0.717, 1.165) is 0 Å². The first-order valence-electron chi connectivity index (χ1n) is 5.16. The van der Waals surface area contributed by atoms with Gasteiger partial charge in [-0.2, -0.15) is 0 Å². The van der Waals surface area contributed by atoms with Gasteiger partial charge in [-0.25, -0.2) is 0 Å². The number of nitro groups is 1. The second kappa shape index (κ2) is 6.84. The molecule has 0 atom stereocenters. The Kier molecular flexibility index (Phi) is 5.74. The topological polar surface area (TPSA) is 69.4 Å². The van der Waals surface area contributed by atoms with Gasteiger partial charge in [0.15, 0.2) is 0 Å². The summed E-state index contributed by atoms with van der Waals surface area (Å²) >= 11 is 6.47. The molecule has 0 aliphatic heterocycles. The second-order valence-corrected chi connectivity index (χ2v) is 4.92. The smallest absolute Gasteiger partial charge is 0.310 e. The molecule has 5 nitrogen and oxygen atoms in total. The van der Waals surface area contributed by atoms with E-state index in [1.807, 2.05) is 0 Å². The summed E-state index contributed by atoms with van der Waals surface area (Å²) in [5.41, 5.74) is 0.832. The highest BCUT2D eigenvalue weighted by molar-refractivity contribution is 9.10. The maximum Gasteiger partial charge on any atom is 0.310 e. The lowest BCUT2D eigenvalue weighted by Gasteiger charge is -2.07. The predicted molar refractivity (Wildman–Crippen MR) is 73.8 cm³/mol. The molecule has 0 aromatic heterocycles. The van der Waals surface area contributed by atoms with Crippen LogP contribution in [0.2, 0.25) is 0 Å². The highest BCUT2D eigenvalue weighted by Crippen LogP contribution is 2.30. The van der Waals surface area contributed by atoms with E-state index >= 15 is 0 Å². The van der Waals surface area contributed by atoms with Crippen LogP contribution in [0.4, 0.5) is 5.69 Å². The second-order valence-electron chi connectivity index (χ2n) is 3.45. The average Bonchev–Trinajstić information content (AvgIpc) is 2.27. The Balaban J connectivity index is 3.19. The van der Waals surface area contributed by atoms with Crippen molar-refractivity contribution in [1.82, 2.24) is 0 Å². The van der Waals surface area contributed by atoms with Crippen molar-refractivity contribution in [3.8, 4) is 0 Å². The third-order valence-corrected chi connectivity index (χ3v) is 3.26. The number of nitrogens with zero attached hydrogens (tertiary/aromatic N) is 1. The number of nitro benzene ring substituents is 1. The van der Waals surface area contributed by atoms with Crippen molar-refractivity contribution in [3.63, 3.8) is 0 Å². The van der Waals surface area contributed by atoms with E-state index in [-0.39, 0.29) is 18.7 Å². The molecule has 98 valence electrons. The predicted octanol–water partition coefficient (Wildman–Crippen LogP) is 3.36. The molecule has 0 aliphatic rings.